The summed E-state index contributed by atoms with van der Waals surface area (Å²) in [4.78, 5) is 0. The van der Waals surface area contributed by atoms with Gasteiger partial charge in [-0.1, -0.05) is 18.2 Å². The first kappa shape index (κ1) is 10.4. The molecule has 0 amide bonds. The van der Waals surface area contributed by atoms with Crippen molar-refractivity contribution in [3.05, 3.63) is 29.8 Å². The average molecular weight is 209 g/mol. The third-order valence-corrected chi connectivity index (χ3v) is 2.90. The first-order valence-electron chi connectivity index (χ1n) is 4.91. The number of para-hydroxylation sites is 1. The minimum atomic E-state index is -1.02. The second-order valence-electron chi connectivity index (χ2n) is 4.08. The van der Waals surface area contributed by atoms with Gasteiger partial charge in [-0.3, -0.25) is 0 Å². The summed E-state index contributed by atoms with van der Waals surface area (Å²) >= 11 is 0. The lowest BCUT2D eigenvalue weighted by molar-refractivity contribution is -0.0965. The second kappa shape index (κ2) is 3.48. The molecule has 4 N–H and O–H groups in total. The zero-order valence-corrected chi connectivity index (χ0v) is 8.55. The molecule has 82 valence electrons. The monoisotopic (exact) mass is 209 g/mol. The van der Waals surface area contributed by atoms with Gasteiger partial charge in [0.2, 0.25) is 0 Å². The van der Waals surface area contributed by atoms with Crippen LogP contribution < -0.4 is 10.5 Å². The normalized spacial score (nSPS) is 34.4. The summed E-state index contributed by atoms with van der Waals surface area (Å²) in [5.74, 6) is 0.631. The molecule has 1 heterocycles. The number of hydrogen-bond acceptors (Lipinski definition) is 4. The lowest BCUT2D eigenvalue weighted by Crippen LogP contribution is -2.55. The third kappa shape index (κ3) is 1.51. The molecule has 0 radical (unpaired) electrons. The summed E-state index contributed by atoms with van der Waals surface area (Å²) in [7, 11) is 0. The summed E-state index contributed by atoms with van der Waals surface area (Å²) in [5, 5.41) is 19.2. The van der Waals surface area contributed by atoms with Gasteiger partial charge in [0.15, 0.2) is 5.60 Å². The molecule has 1 aromatic carbocycles. The highest BCUT2D eigenvalue weighted by molar-refractivity contribution is 5.39. The molecule has 0 aromatic heterocycles. The van der Waals surface area contributed by atoms with Crippen LogP contribution in [-0.4, -0.2) is 28.5 Å². The number of nitrogens with two attached hydrogens (primary N) is 1. The molecule has 15 heavy (non-hydrogen) atoms. The summed E-state index contributed by atoms with van der Waals surface area (Å²) < 4.78 is 5.57. The smallest absolute Gasteiger partial charge is 0.157 e. The summed E-state index contributed by atoms with van der Waals surface area (Å²) in [6.07, 6.45) is -0.905. The van der Waals surface area contributed by atoms with Crippen molar-refractivity contribution < 1.29 is 14.9 Å². The van der Waals surface area contributed by atoms with Crippen LogP contribution in [0.1, 0.15) is 18.5 Å². The number of aliphatic hydroxyl groups excluding tert-OH is 2. The fourth-order valence-electron chi connectivity index (χ4n) is 1.84. The largest absolute Gasteiger partial charge is 0.482 e. The minimum Gasteiger partial charge on any atom is -0.482 e. The predicted octanol–water partition coefficient (Wildman–Crippen LogP) is 0.191. The van der Waals surface area contributed by atoms with Crippen LogP contribution >= 0.6 is 0 Å². The highest BCUT2D eigenvalue weighted by Crippen LogP contribution is 2.38. The first-order chi connectivity index (χ1) is 7.08. The third-order valence-electron chi connectivity index (χ3n) is 2.90. The molecule has 0 spiro atoms. The molecule has 0 aliphatic carbocycles. The summed E-state index contributed by atoms with van der Waals surface area (Å²) in [6.45, 7) is 1.38. The van der Waals surface area contributed by atoms with Gasteiger partial charge < -0.3 is 20.7 Å². The van der Waals surface area contributed by atoms with Crippen molar-refractivity contribution in [2.45, 2.75) is 24.7 Å². The molecule has 0 fully saturated rings. The maximum absolute atomic E-state index is 9.93. The molecule has 2 rings (SSSR count). The Balaban J connectivity index is 2.45. The summed E-state index contributed by atoms with van der Waals surface area (Å²) in [5.41, 5.74) is 5.65. The second-order valence-corrected chi connectivity index (χ2v) is 4.08. The van der Waals surface area contributed by atoms with E-state index in [1.807, 2.05) is 18.2 Å². The van der Waals surface area contributed by atoms with Crippen molar-refractivity contribution >= 4 is 0 Å². The lowest BCUT2D eigenvalue weighted by atomic mass is 9.86. The Labute approximate surface area is 88.3 Å². The molecular weight excluding hydrogens is 194 g/mol. The first-order valence-corrected chi connectivity index (χ1v) is 4.91. The van der Waals surface area contributed by atoms with Crippen molar-refractivity contribution in [3.63, 3.8) is 0 Å². The quantitative estimate of drug-likeness (QED) is 0.617. The van der Waals surface area contributed by atoms with E-state index in [1.165, 1.54) is 0 Å². The number of ether oxygens (including phenoxy) is 1. The standard InChI is InChI=1S/C11H15NO3/c1-11(6-13)10(14)9(12)7-4-2-3-5-8(7)15-11/h2-5,9-10,13-14H,6,12H2,1H3/t9-,10+,11-/m1/s1. The Morgan fingerprint density at radius 2 is 2.13 bits per heavy atom. The Hall–Kier alpha value is -1.10. The van der Waals surface area contributed by atoms with E-state index in [-0.39, 0.29) is 6.61 Å². The molecular formula is C11H15NO3. The van der Waals surface area contributed by atoms with Gasteiger partial charge in [0.25, 0.3) is 0 Å². The average Bonchev–Trinajstić information content (AvgIpc) is 2.26. The number of benzene rings is 1. The van der Waals surface area contributed by atoms with E-state index in [0.717, 1.165) is 5.56 Å². The van der Waals surface area contributed by atoms with Gasteiger partial charge in [0, 0.05) is 5.56 Å². The van der Waals surface area contributed by atoms with Gasteiger partial charge >= 0.3 is 0 Å². The van der Waals surface area contributed by atoms with Crippen molar-refractivity contribution in [1.29, 1.82) is 0 Å². The molecule has 4 nitrogen and oxygen atoms in total. The van der Waals surface area contributed by atoms with E-state index in [4.69, 9.17) is 10.5 Å². The topological polar surface area (TPSA) is 75.7 Å². The highest BCUT2D eigenvalue weighted by Gasteiger charge is 2.44. The van der Waals surface area contributed by atoms with E-state index >= 15 is 0 Å². The van der Waals surface area contributed by atoms with Gasteiger partial charge in [-0.2, -0.15) is 0 Å². The van der Waals surface area contributed by atoms with Gasteiger partial charge in [-0.15, -0.1) is 0 Å². The Morgan fingerprint density at radius 3 is 2.80 bits per heavy atom. The maximum atomic E-state index is 9.93. The van der Waals surface area contributed by atoms with Gasteiger partial charge in [-0.25, -0.2) is 0 Å². The van der Waals surface area contributed by atoms with Crippen LogP contribution in [0.3, 0.4) is 0 Å². The van der Waals surface area contributed by atoms with Crippen LogP contribution in [0, 0.1) is 0 Å². The lowest BCUT2D eigenvalue weighted by Gasteiger charge is -2.41. The van der Waals surface area contributed by atoms with Crippen molar-refractivity contribution in [2.75, 3.05) is 6.61 Å². The highest BCUT2D eigenvalue weighted by atomic mass is 16.5. The van der Waals surface area contributed by atoms with E-state index in [2.05, 4.69) is 0 Å². The predicted molar refractivity (Wildman–Crippen MR) is 55.5 cm³/mol. The SMILES string of the molecule is C[C@]1(CO)Oc2ccccc2[C@@H](N)[C@@H]1O. The number of fused-ring (bicyclic) bond motifs is 1. The van der Waals surface area contributed by atoms with Gasteiger partial charge in [0.1, 0.15) is 11.9 Å². The van der Waals surface area contributed by atoms with Crippen LogP contribution in [0.4, 0.5) is 0 Å². The molecule has 3 atom stereocenters. The van der Waals surface area contributed by atoms with Crippen molar-refractivity contribution in [3.8, 4) is 5.75 Å². The molecule has 0 bridgehead atoms. The molecule has 1 aliphatic heterocycles. The molecule has 0 saturated carbocycles. The van der Waals surface area contributed by atoms with Crippen molar-refractivity contribution in [2.24, 2.45) is 5.73 Å². The van der Waals surface area contributed by atoms with Gasteiger partial charge in [0.05, 0.1) is 12.6 Å². The van der Waals surface area contributed by atoms with E-state index in [9.17, 15) is 10.2 Å². The van der Waals surface area contributed by atoms with Crippen LogP contribution in [0.2, 0.25) is 0 Å². The Morgan fingerprint density at radius 1 is 1.47 bits per heavy atom. The van der Waals surface area contributed by atoms with Crippen molar-refractivity contribution in [1.82, 2.24) is 0 Å². The van der Waals surface area contributed by atoms with Crippen LogP contribution in [0.15, 0.2) is 24.3 Å². The molecule has 1 aliphatic rings. The van der Waals surface area contributed by atoms with E-state index in [0.29, 0.717) is 5.75 Å². The number of rotatable bonds is 1. The number of aliphatic hydroxyl groups is 2. The molecule has 0 saturated heterocycles. The Kier molecular flexibility index (Phi) is 2.42. The molecule has 4 heteroatoms. The zero-order valence-electron chi connectivity index (χ0n) is 8.55. The summed E-state index contributed by atoms with van der Waals surface area (Å²) in [6, 6.07) is 6.76. The zero-order chi connectivity index (χ0) is 11.1. The fourth-order valence-corrected chi connectivity index (χ4v) is 1.84. The van der Waals surface area contributed by atoms with Gasteiger partial charge in [-0.05, 0) is 13.0 Å². The van der Waals surface area contributed by atoms with E-state index < -0.39 is 17.7 Å². The maximum Gasteiger partial charge on any atom is 0.157 e. The van der Waals surface area contributed by atoms with Crippen LogP contribution in [0.5, 0.6) is 5.75 Å². The molecule has 0 unspecified atom stereocenters. The van der Waals surface area contributed by atoms with E-state index in [1.54, 1.807) is 13.0 Å². The molecule has 1 aromatic rings. The van der Waals surface area contributed by atoms with Crippen LogP contribution in [-0.2, 0) is 0 Å². The Bertz CT molecular complexity index is 369. The van der Waals surface area contributed by atoms with Crippen LogP contribution in [0.25, 0.3) is 0 Å². The minimum absolute atomic E-state index is 0.268. The number of hydrogen-bond donors (Lipinski definition) is 3. The fraction of sp³-hybridized carbons (Fsp3) is 0.455.